The van der Waals surface area contributed by atoms with Crippen LogP contribution in [0.3, 0.4) is 0 Å². The first kappa shape index (κ1) is 13.4. The monoisotopic (exact) mass is 239 g/mol. The number of rotatable bonds is 6. The number of hydrogen-bond acceptors (Lipinski definition) is 5. The number of carbonyl (C=O) groups excluding carboxylic acids is 1. The van der Waals surface area contributed by atoms with Crippen LogP contribution >= 0.6 is 0 Å². The lowest BCUT2D eigenvalue weighted by atomic mass is 10.3. The lowest BCUT2D eigenvalue weighted by Crippen LogP contribution is -2.12. The maximum absolute atomic E-state index is 11.3. The van der Waals surface area contributed by atoms with Gasteiger partial charge in [0.15, 0.2) is 0 Å². The molecular formula is C12H17NO4. The maximum Gasteiger partial charge on any atom is 0.338 e. The van der Waals surface area contributed by atoms with E-state index in [9.17, 15) is 4.79 Å². The lowest BCUT2D eigenvalue weighted by molar-refractivity contribution is 0.0540. The fourth-order valence-electron chi connectivity index (χ4n) is 1.16. The molecule has 94 valence electrons. The van der Waals surface area contributed by atoms with Crippen molar-refractivity contribution in [1.29, 1.82) is 0 Å². The minimum atomic E-state index is -0.407. The Balaban J connectivity index is 2.46. The number of ether oxygens (including phenoxy) is 3. The molecule has 0 N–H and O–H groups in total. The van der Waals surface area contributed by atoms with Gasteiger partial charge in [-0.1, -0.05) is 0 Å². The Bertz CT molecular complexity index is 365. The van der Waals surface area contributed by atoms with E-state index in [0.717, 1.165) is 0 Å². The number of methoxy groups -OCH3 is 1. The summed E-state index contributed by atoms with van der Waals surface area (Å²) in [5.41, 5.74) is 0.419. The van der Waals surface area contributed by atoms with Crippen molar-refractivity contribution in [2.45, 2.75) is 20.0 Å². The van der Waals surface area contributed by atoms with Crippen LogP contribution in [0.1, 0.15) is 24.2 Å². The molecular weight excluding hydrogens is 222 g/mol. The number of carbonyl (C=O) groups is 1. The summed E-state index contributed by atoms with van der Waals surface area (Å²) in [5.74, 6) is -0.0177. The van der Waals surface area contributed by atoms with Crippen molar-refractivity contribution in [3.8, 4) is 5.88 Å². The average molecular weight is 239 g/mol. The van der Waals surface area contributed by atoms with Gasteiger partial charge in [0.1, 0.15) is 6.61 Å². The van der Waals surface area contributed by atoms with Gasteiger partial charge < -0.3 is 14.2 Å². The van der Waals surface area contributed by atoms with Gasteiger partial charge in [-0.25, -0.2) is 9.78 Å². The highest BCUT2D eigenvalue weighted by Gasteiger charge is 2.06. The highest BCUT2D eigenvalue weighted by Crippen LogP contribution is 2.10. The Hall–Kier alpha value is -1.62. The quantitative estimate of drug-likeness (QED) is 0.558. The fourth-order valence-corrected chi connectivity index (χ4v) is 1.16. The molecule has 1 aromatic heterocycles. The van der Waals surface area contributed by atoms with Gasteiger partial charge in [0.2, 0.25) is 5.88 Å². The molecule has 0 aromatic carbocycles. The fraction of sp³-hybridized carbons (Fsp3) is 0.500. The summed E-state index contributed by atoms with van der Waals surface area (Å²) in [5, 5.41) is 0. The minimum Gasteiger partial charge on any atom is -0.475 e. The minimum absolute atomic E-state index is 0.174. The molecule has 0 bridgehead atoms. The molecule has 0 saturated carbocycles. The Kier molecular flexibility index (Phi) is 5.42. The molecule has 1 aromatic rings. The zero-order chi connectivity index (χ0) is 12.7. The Morgan fingerprint density at radius 1 is 1.41 bits per heavy atom. The molecule has 17 heavy (non-hydrogen) atoms. The second-order valence-corrected chi connectivity index (χ2v) is 3.64. The highest BCUT2D eigenvalue weighted by molar-refractivity contribution is 5.89. The molecule has 0 spiro atoms. The van der Waals surface area contributed by atoms with Crippen LogP contribution in [0.15, 0.2) is 18.3 Å². The number of esters is 1. The smallest absolute Gasteiger partial charge is 0.338 e. The van der Waals surface area contributed by atoms with E-state index < -0.39 is 5.97 Å². The largest absolute Gasteiger partial charge is 0.475 e. The van der Waals surface area contributed by atoms with E-state index in [0.29, 0.717) is 24.7 Å². The first-order valence-corrected chi connectivity index (χ1v) is 5.42. The normalized spacial score (nSPS) is 10.4. The number of pyridine rings is 1. The van der Waals surface area contributed by atoms with Gasteiger partial charge in [0.05, 0.1) is 25.4 Å². The summed E-state index contributed by atoms with van der Waals surface area (Å²) in [4.78, 5) is 15.2. The van der Waals surface area contributed by atoms with Gasteiger partial charge in [0.25, 0.3) is 0 Å². The third kappa shape index (κ3) is 4.82. The summed E-state index contributed by atoms with van der Waals surface area (Å²) in [6.45, 7) is 4.80. The molecule has 0 unspecified atom stereocenters. The van der Waals surface area contributed by atoms with Crippen molar-refractivity contribution in [2.24, 2.45) is 0 Å². The van der Waals surface area contributed by atoms with E-state index in [1.54, 1.807) is 12.1 Å². The van der Waals surface area contributed by atoms with Crippen LogP contribution in [0.5, 0.6) is 5.88 Å². The molecule has 5 nitrogen and oxygen atoms in total. The molecule has 0 atom stereocenters. The molecule has 1 rings (SSSR count). The number of aromatic nitrogens is 1. The van der Waals surface area contributed by atoms with Crippen molar-refractivity contribution in [3.05, 3.63) is 23.9 Å². The molecule has 1 heterocycles. The lowest BCUT2D eigenvalue weighted by Gasteiger charge is -2.09. The van der Waals surface area contributed by atoms with Gasteiger partial charge in [-0.2, -0.15) is 0 Å². The van der Waals surface area contributed by atoms with Crippen LogP contribution in [0, 0.1) is 0 Å². The molecule has 0 aliphatic heterocycles. The Morgan fingerprint density at radius 3 is 2.82 bits per heavy atom. The number of nitrogens with zero attached hydrogens (tertiary/aromatic N) is 1. The standard InChI is InChI=1S/C12H17NO4/c1-9(2)16-6-7-17-11-8-10(4-5-13-11)12(14)15-3/h4-5,8-9H,6-7H2,1-3H3. The van der Waals surface area contributed by atoms with E-state index in [2.05, 4.69) is 9.72 Å². The highest BCUT2D eigenvalue weighted by atomic mass is 16.5. The van der Waals surface area contributed by atoms with Crippen LogP contribution < -0.4 is 4.74 Å². The maximum atomic E-state index is 11.3. The molecule has 0 saturated heterocycles. The Labute approximate surface area is 101 Å². The van der Waals surface area contributed by atoms with Crippen LogP contribution in [-0.4, -0.2) is 37.4 Å². The van der Waals surface area contributed by atoms with Gasteiger partial charge in [-0.05, 0) is 19.9 Å². The van der Waals surface area contributed by atoms with Crippen molar-refractivity contribution in [2.75, 3.05) is 20.3 Å². The van der Waals surface area contributed by atoms with Gasteiger partial charge in [-0.15, -0.1) is 0 Å². The summed E-state index contributed by atoms with van der Waals surface area (Å²) in [6, 6.07) is 3.12. The molecule has 0 radical (unpaired) electrons. The molecule has 0 aliphatic rings. The molecule has 0 fully saturated rings. The van der Waals surface area contributed by atoms with Crippen molar-refractivity contribution >= 4 is 5.97 Å². The first-order valence-electron chi connectivity index (χ1n) is 5.42. The molecule has 0 amide bonds. The summed E-state index contributed by atoms with van der Waals surface area (Å²) in [7, 11) is 1.33. The molecule has 5 heteroatoms. The van der Waals surface area contributed by atoms with Crippen molar-refractivity contribution < 1.29 is 19.0 Å². The van der Waals surface area contributed by atoms with E-state index in [-0.39, 0.29) is 6.10 Å². The van der Waals surface area contributed by atoms with E-state index in [1.807, 2.05) is 13.8 Å². The second kappa shape index (κ2) is 6.85. The summed E-state index contributed by atoms with van der Waals surface area (Å²) in [6.07, 6.45) is 1.68. The second-order valence-electron chi connectivity index (χ2n) is 3.64. The first-order chi connectivity index (χ1) is 8.13. The zero-order valence-corrected chi connectivity index (χ0v) is 10.3. The van der Waals surface area contributed by atoms with Crippen LogP contribution in [0.4, 0.5) is 0 Å². The average Bonchev–Trinajstić information content (AvgIpc) is 2.34. The van der Waals surface area contributed by atoms with Crippen LogP contribution in [0.25, 0.3) is 0 Å². The van der Waals surface area contributed by atoms with Gasteiger partial charge >= 0.3 is 5.97 Å². The van der Waals surface area contributed by atoms with Crippen LogP contribution in [0.2, 0.25) is 0 Å². The van der Waals surface area contributed by atoms with Gasteiger partial charge in [-0.3, -0.25) is 0 Å². The van der Waals surface area contributed by atoms with Gasteiger partial charge in [0, 0.05) is 12.3 Å². The third-order valence-corrected chi connectivity index (χ3v) is 1.94. The van der Waals surface area contributed by atoms with Crippen molar-refractivity contribution in [3.63, 3.8) is 0 Å². The van der Waals surface area contributed by atoms with E-state index in [4.69, 9.17) is 9.47 Å². The zero-order valence-electron chi connectivity index (χ0n) is 10.3. The predicted octanol–water partition coefficient (Wildman–Crippen LogP) is 1.67. The van der Waals surface area contributed by atoms with Crippen molar-refractivity contribution in [1.82, 2.24) is 4.98 Å². The van der Waals surface area contributed by atoms with Crippen LogP contribution in [-0.2, 0) is 9.47 Å². The SMILES string of the molecule is COC(=O)c1ccnc(OCCOC(C)C)c1. The topological polar surface area (TPSA) is 57.7 Å². The van der Waals surface area contributed by atoms with E-state index in [1.165, 1.54) is 13.3 Å². The summed E-state index contributed by atoms with van der Waals surface area (Å²) >= 11 is 0. The summed E-state index contributed by atoms with van der Waals surface area (Å²) < 4.78 is 15.3. The van der Waals surface area contributed by atoms with E-state index >= 15 is 0 Å². The Morgan fingerprint density at radius 2 is 2.18 bits per heavy atom. The number of hydrogen-bond donors (Lipinski definition) is 0. The predicted molar refractivity (Wildman–Crippen MR) is 62.2 cm³/mol. The third-order valence-electron chi connectivity index (χ3n) is 1.94. The molecule has 0 aliphatic carbocycles.